The molecule has 2 aliphatic rings. The zero-order valence-electron chi connectivity index (χ0n) is 16.9. The Morgan fingerprint density at radius 3 is 2.55 bits per heavy atom. The Hall–Kier alpha value is -3.20. The number of carbonyl (C=O) groups is 4. The van der Waals surface area contributed by atoms with Gasteiger partial charge in [-0.3, -0.25) is 19.3 Å². The van der Waals surface area contributed by atoms with Gasteiger partial charge in [0.25, 0.3) is 11.8 Å². The monoisotopic (exact) mass is 441 g/mol. The normalized spacial score (nSPS) is 17.1. The summed E-state index contributed by atoms with van der Waals surface area (Å²) in [5.74, 6) is -0.458. The predicted molar refractivity (Wildman–Crippen MR) is 115 cm³/mol. The molecule has 1 aromatic carbocycles. The summed E-state index contributed by atoms with van der Waals surface area (Å²) in [6.07, 6.45) is 3.65. The Labute approximate surface area is 183 Å². The number of anilines is 1. The molecular formula is C22H23N3O5S. The summed E-state index contributed by atoms with van der Waals surface area (Å²) >= 11 is 1.35. The maximum Gasteiger partial charge on any atom is 0.325 e. The van der Waals surface area contributed by atoms with E-state index in [0.717, 1.165) is 12.8 Å². The van der Waals surface area contributed by atoms with Crippen LogP contribution >= 0.6 is 11.3 Å². The maximum absolute atomic E-state index is 12.6. The zero-order valence-corrected chi connectivity index (χ0v) is 17.7. The van der Waals surface area contributed by atoms with Crippen LogP contribution in [0.15, 0.2) is 41.8 Å². The molecule has 1 aliphatic heterocycles. The lowest BCUT2D eigenvalue weighted by atomic mass is 9.98. The van der Waals surface area contributed by atoms with Gasteiger partial charge >= 0.3 is 12.0 Å². The van der Waals surface area contributed by atoms with Crippen molar-refractivity contribution in [3.63, 3.8) is 0 Å². The molecule has 2 aromatic rings. The van der Waals surface area contributed by atoms with E-state index in [4.69, 9.17) is 4.74 Å². The molecule has 1 spiro atoms. The van der Waals surface area contributed by atoms with Gasteiger partial charge in [-0.05, 0) is 55.0 Å². The molecule has 31 heavy (non-hydrogen) atoms. The van der Waals surface area contributed by atoms with Crippen molar-refractivity contribution in [2.75, 3.05) is 11.9 Å². The molecule has 2 N–H and O–H groups in total. The first kappa shape index (κ1) is 21.0. The number of amides is 4. The third kappa shape index (κ3) is 4.61. The second kappa shape index (κ2) is 8.89. The third-order valence-corrected chi connectivity index (χ3v) is 6.42. The van der Waals surface area contributed by atoms with E-state index in [1.54, 1.807) is 36.4 Å². The minimum atomic E-state index is -0.724. The van der Waals surface area contributed by atoms with Gasteiger partial charge in [-0.1, -0.05) is 18.9 Å². The van der Waals surface area contributed by atoms with Crippen molar-refractivity contribution in [1.29, 1.82) is 0 Å². The van der Waals surface area contributed by atoms with Crippen LogP contribution in [-0.2, 0) is 9.59 Å². The average Bonchev–Trinajstić information content (AvgIpc) is 3.48. The molecule has 2 fully saturated rings. The summed E-state index contributed by atoms with van der Waals surface area (Å²) in [6, 6.07) is 9.68. The number of hydrogen-bond acceptors (Lipinski definition) is 6. The van der Waals surface area contributed by atoms with Crippen LogP contribution in [0.25, 0.3) is 0 Å². The zero-order chi connectivity index (χ0) is 21.8. The molecule has 4 rings (SSSR count). The highest BCUT2D eigenvalue weighted by Gasteiger charge is 2.52. The van der Waals surface area contributed by atoms with Crippen LogP contribution in [0.5, 0.6) is 5.75 Å². The third-order valence-electron chi connectivity index (χ3n) is 5.55. The molecule has 1 saturated heterocycles. The van der Waals surface area contributed by atoms with Gasteiger partial charge in [0.1, 0.15) is 11.3 Å². The number of benzene rings is 1. The van der Waals surface area contributed by atoms with Gasteiger partial charge in [-0.2, -0.15) is 0 Å². The lowest BCUT2D eigenvalue weighted by Crippen LogP contribution is -2.44. The van der Waals surface area contributed by atoms with Gasteiger partial charge in [-0.15, -0.1) is 11.3 Å². The van der Waals surface area contributed by atoms with Gasteiger partial charge in [-0.25, -0.2) is 4.79 Å². The minimum absolute atomic E-state index is 0.0843. The van der Waals surface area contributed by atoms with Gasteiger partial charge in [0, 0.05) is 18.7 Å². The number of nitrogens with zero attached hydrogens (tertiary/aromatic N) is 1. The van der Waals surface area contributed by atoms with Crippen LogP contribution < -0.4 is 15.4 Å². The fourth-order valence-corrected chi connectivity index (χ4v) is 4.59. The molecule has 8 nitrogen and oxygen atoms in total. The number of rotatable bonds is 7. The molecule has 9 heteroatoms. The molecule has 0 radical (unpaired) electrons. The van der Waals surface area contributed by atoms with Crippen molar-refractivity contribution in [2.24, 2.45) is 0 Å². The molecule has 1 saturated carbocycles. The van der Waals surface area contributed by atoms with Crippen LogP contribution in [0, 0.1) is 0 Å². The van der Waals surface area contributed by atoms with E-state index in [1.807, 2.05) is 5.38 Å². The largest absolute Gasteiger partial charge is 0.427 e. The van der Waals surface area contributed by atoms with E-state index >= 15 is 0 Å². The summed E-state index contributed by atoms with van der Waals surface area (Å²) in [5.41, 5.74) is -0.129. The summed E-state index contributed by atoms with van der Waals surface area (Å²) in [6.45, 7) is 0.190. The lowest BCUT2D eigenvalue weighted by molar-refractivity contribution is -0.135. The van der Waals surface area contributed by atoms with Gasteiger partial charge in [0.15, 0.2) is 0 Å². The molecular weight excluding hydrogens is 418 g/mol. The minimum Gasteiger partial charge on any atom is -0.427 e. The number of carbonyl (C=O) groups excluding carboxylic acids is 4. The van der Waals surface area contributed by atoms with Crippen molar-refractivity contribution in [3.05, 3.63) is 46.7 Å². The first-order valence-electron chi connectivity index (χ1n) is 10.3. The van der Waals surface area contributed by atoms with E-state index in [0.29, 0.717) is 35.6 Å². The number of hydrogen-bond donors (Lipinski definition) is 2. The van der Waals surface area contributed by atoms with Crippen molar-refractivity contribution in [1.82, 2.24) is 10.2 Å². The Morgan fingerprint density at radius 2 is 1.87 bits per heavy atom. The van der Waals surface area contributed by atoms with Gasteiger partial charge in [0.2, 0.25) is 0 Å². The molecule has 4 amide bonds. The number of ether oxygens (including phenoxy) is 1. The first-order valence-corrected chi connectivity index (χ1v) is 11.1. The smallest absolute Gasteiger partial charge is 0.325 e. The van der Waals surface area contributed by atoms with Crippen LogP contribution in [0.4, 0.5) is 10.5 Å². The number of urea groups is 1. The summed E-state index contributed by atoms with van der Waals surface area (Å²) in [7, 11) is 0. The highest BCUT2D eigenvalue weighted by Crippen LogP contribution is 2.35. The second-order valence-corrected chi connectivity index (χ2v) is 8.66. The maximum atomic E-state index is 12.6. The topological polar surface area (TPSA) is 105 Å². The van der Waals surface area contributed by atoms with Crippen molar-refractivity contribution >= 4 is 40.8 Å². The molecule has 0 bridgehead atoms. The molecule has 162 valence electrons. The highest BCUT2D eigenvalue weighted by molar-refractivity contribution is 7.12. The van der Waals surface area contributed by atoms with E-state index < -0.39 is 11.5 Å². The van der Waals surface area contributed by atoms with E-state index in [2.05, 4.69) is 10.6 Å². The Balaban J connectivity index is 1.22. The van der Waals surface area contributed by atoms with E-state index in [-0.39, 0.29) is 30.8 Å². The molecule has 0 atom stereocenters. The molecule has 0 unspecified atom stereocenters. The standard InChI is InChI=1S/C22H23N3O5S/c26-18(6-3-13-25-20(28)22(24-21(25)29)11-1-2-12-22)30-16-9-7-15(8-10-16)23-19(27)17-5-4-14-31-17/h4-5,7-10,14H,1-3,6,11-13H2,(H,23,27)(H,24,29). The summed E-state index contributed by atoms with van der Waals surface area (Å²) in [4.78, 5) is 50.7. The van der Waals surface area contributed by atoms with Crippen molar-refractivity contribution in [2.45, 2.75) is 44.1 Å². The molecule has 2 heterocycles. The van der Waals surface area contributed by atoms with Gasteiger partial charge in [0.05, 0.1) is 4.88 Å². The van der Waals surface area contributed by atoms with E-state index in [1.165, 1.54) is 16.2 Å². The van der Waals surface area contributed by atoms with Crippen LogP contribution in [0.3, 0.4) is 0 Å². The fraction of sp³-hybridized carbons (Fsp3) is 0.364. The van der Waals surface area contributed by atoms with Crippen LogP contribution in [0.2, 0.25) is 0 Å². The van der Waals surface area contributed by atoms with Crippen molar-refractivity contribution in [3.8, 4) is 5.75 Å². The fourth-order valence-electron chi connectivity index (χ4n) is 3.97. The van der Waals surface area contributed by atoms with Gasteiger partial charge < -0.3 is 15.4 Å². The number of nitrogens with one attached hydrogen (secondary N) is 2. The quantitative estimate of drug-likeness (QED) is 0.388. The predicted octanol–water partition coefficient (Wildman–Crippen LogP) is 3.55. The summed E-state index contributed by atoms with van der Waals surface area (Å²) in [5, 5.41) is 7.43. The van der Waals surface area contributed by atoms with Crippen LogP contribution in [0.1, 0.15) is 48.2 Å². The van der Waals surface area contributed by atoms with E-state index in [9.17, 15) is 19.2 Å². The average molecular weight is 442 g/mol. The molecule has 1 aliphatic carbocycles. The first-order chi connectivity index (χ1) is 15.0. The number of esters is 1. The highest BCUT2D eigenvalue weighted by atomic mass is 32.1. The van der Waals surface area contributed by atoms with Crippen LogP contribution in [-0.4, -0.2) is 40.8 Å². The Kier molecular flexibility index (Phi) is 6.03. The second-order valence-electron chi connectivity index (χ2n) is 7.71. The Morgan fingerprint density at radius 1 is 1.13 bits per heavy atom. The number of imide groups is 1. The SMILES string of the molecule is O=C(CCCN1C(=O)NC2(CCCC2)C1=O)Oc1ccc(NC(=O)c2cccs2)cc1. The number of thiophene rings is 1. The summed E-state index contributed by atoms with van der Waals surface area (Å²) < 4.78 is 5.30. The lowest BCUT2D eigenvalue weighted by Gasteiger charge is -2.19. The van der Waals surface area contributed by atoms with Crippen molar-refractivity contribution < 1.29 is 23.9 Å². The molecule has 1 aromatic heterocycles. The Bertz CT molecular complexity index is 981.